The van der Waals surface area contributed by atoms with E-state index < -0.39 is 55.1 Å². The van der Waals surface area contributed by atoms with Crippen LogP contribution in [0.15, 0.2) is 45.8 Å². The van der Waals surface area contributed by atoms with Gasteiger partial charge in [0.1, 0.15) is 12.2 Å². The SMILES string of the molecule is COC(=O)c1cc(F)c(OCCN(C(C)C2CCN(C(=O)OC(C)(C)C)CC2)S(=O)(=O)c2ccccc2[N+](=O)[O-])c(Br)c1. The van der Waals surface area contributed by atoms with E-state index in [-0.39, 0.29) is 34.9 Å². The van der Waals surface area contributed by atoms with E-state index in [1.165, 1.54) is 24.3 Å². The number of para-hydroxylation sites is 1. The normalized spacial score (nSPS) is 15.2. The number of hydrogen-bond acceptors (Lipinski definition) is 9. The van der Waals surface area contributed by atoms with Crippen molar-refractivity contribution in [3.05, 3.63) is 62.4 Å². The van der Waals surface area contributed by atoms with Crippen LogP contribution in [0.5, 0.6) is 5.75 Å². The summed E-state index contributed by atoms with van der Waals surface area (Å²) in [6.45, 7) is 7.10. The molecule has 1 saturated heterocycles. The number of ether oxygens (including phenoxy) is 3. The molecule has 1 aliphatic heterocycles. The molecule has 1 aliphatic rings. The van der Waals surface area contributed by atoms with E-state index in [0.29, 0.717) is 25.9 Å². The standard InChI is InChI=1S/C28H35BrFN3O9S/c1-18(19-10-12-31(13-11-19)27(35)42-28(2,3)4)32(43(38,39)24-9-7-6-8-23(24)33(36)37)14-15-41-25-21(29)16-20(17-22(25)30)26(34)40-5/h6-9,16-19H,10-15H2,1-5H3. The number of nitro groups is 1. The van der Waals surface area contributed by atoms with Crippen molar-refractivity contribution >= 4 is 43.7 Å². The van der Waals surface area contributed by atoms with Gasteiger partial charge in [-0.25, -0.2) is 22.4 Å². The molecule has 0 radical (unpaired) electrons. The molecule has 1 unspecified atom stereocenters. The molecule has 0 N–H and O–H groups in total. The average molecular weight is 689 g/mol. The Kier molecular flexibility index (Phi) is 11.1. The van der Waals surface area contributed by atoms with Gasteiger partial charge in [-0.3, -0.25) is 10.1 Å². The first-order valence-electron chi connectivity index (χ1n) is 13.5. The van der Waals surface area contributed by atoms with Crippen LogP contribution in [-0.2, 0) is 19.5 Å². The molecule has 236 valence electrons. The molecular weight excluding hydrogens is 653 g/mol. The Morgan fingerprint density at radius 1 is 1.21 bits per heavy atom. The molecule has 0 aromatic heterocycles. The minimum atomic E-state index is -4.44. The number of rotatable bonds is 10. The molecule has 12 nitrogen and oxygen atoms in total. The van der Waals surface area contributed by atoms with Gasteiger partial charge >= 0.3 is 12.1 Å². The number of sulfonamides is 1. The van der Waals surface area contributed by atoms with Crippen LogP contribution in [0, 0.1) is 21.8 Å². The lowest BCUT2D eigenvalue weighted by atomic mass is 9.90. The second kappa shape index (κ2) is 14.0. The zero-order valence-electron chi connectivity index (χ0n) is 24.5. The molecule has 0 bridgehead atoms. The van der Waals surface area contributed by atoms with Crippen LogP contribution in [0.25, 0.3) is 0 Å². The molecular formula is C28H35BrFN3O9S. The van der Waals surface area contributed by atoms with Gasteiger partial charge in [-0.1, -0.05) is 12.1 Å². The maximum Gasteiger partial charge on any atom is 0.410 e. The number of nitrogens with zero attached hydrogens (tertiary/aromatic N) is 3. The summed E-state index contributed by atoms with van der Waals surface area (Å²) in [4.78, 5) is 36.4. The fourth-order valence-electron chi connectivity index (χ4n) is 4.79. The van der Waals surface area contributed by atoms with E-state index in [1.54, 1.807) is 32.6 Å². The van der Waals surface area contributed by atoms with E-state index in [9.17, 15) is 32.5 Å². The first-order chi connectivity index (χ1) is 20.1. The number of hydrogen-bond donors (Lipinski definition) is 0. The maximum atomic E-state index is 14.8. The Morgan fingerprint density at radius 3 is 2.40 bits per heavy atom. The highest BCUT2D eigenvalue weighted by atomic mass is 79.9. The molecule has 1 heterocycles. The molecule has 2 aromatic carbocycles. The molecule has 1 fully saturated rings. The van der Waals surface area contributed by atoms with Gasteiger partial charge in [0.25, 0.3) is 5.69 Å². The highest BCUT2D eigenvalue weighted by molar-refractivity contribution is 9.10. The summed E-state index contributed by atoms with van der Waals surface area (Å²) >= 11 is 3.17. The van der Waals surface area contributed by atoms with Crippen molar-refractivity contribution in [2.45, 2.75) is 57.1 Å². The van der Waals surface area contributed by atoms with Crippen molar-refractivity contribution in [2.75, 3.05) is 33.4 Å². The Hall–Kier alpha value is -3.30. The quantitative estimate of drug-likeness (QED) is 0.182. The summed E-state index contributed by atoms with van der Waals surface area (Å²) < 4.78 is 59.6. The van der Waals surface area contributed by atoms with Crippen molar-refractivity contribution < 1.29 is 41.5 Å². The molecule has 43 heavy (non-hydrogen) atoms. The number of carbonyl (C=O) groups excluding carboxylic acids is 2. The van der Waals surface area contributed by atoms with Crippen molar-refractivity contribution in [2.24, 2.45) is 5.92 Å². The smallest absolute Gasteiger partial charge is 0.410 e. The number of likely N-dealkylation sites (tertiary alicyclic amines) is 1. The van der Waals surface area contributed by atoms with Crippen molar-refractivity contribution in [3.8, 4) is 5.75 Å². The van der Waals surface area contributed by atoms with E-state index in [2.05, 4.69) is 20.7 Å². The number of halogens is 2. The molecule has 0 spiro atoms. The number of nitro benzene ring substituents is 1. The zero-order chi connectivity index (χ0) is 32.1. The summed E-state index contributed by atoms with van der Waals surface area (Å²) in [5.74, 6) is -2.07. The molecule has 1 atom stereocenters. The first kappa shape index (κ1) is 34.2. The Balaban J connectivity index is 1.86. The third kappa shape index (κ3) is 8.42. The molecule has 3 rings (SSSR count). The van der Waals surface area contributed by atoms with Crippen LogP contribution in [0.4, 0.5) is 14.9 Å². The maximum absolute atomic E-state index is 14.8. The average Bonchev–Trinajstić information content (AvgIpc) is 2.94. The highest BCUT2D eigenvalue weighted by Crippen LogP contribution is 2.33. The Morgan fingerprint density at radius 2 is 1.84 bits per heavy atom. The van der Waals surface area contributed by atoms with Crippen LogP contribution in [0.3, 0.4) is 0 Å². The lowest BCUT2D eigenvalue weighted by Crippen LogP contribution is -2.49. The van der Waals surface area contributed by atoms with Crippen molar-refractivity contribution in [3.63, 3.8) is 0 Å². The van der Waals surface area contributed by atoms with E-state index in [4.69, 9.17) is 9.47 Å². The predicted molar refractivity (Wildman–Crippen MR) is 158 cm³/mol. The van der Waals surface area contributed by atoms with Gasteiger partial charge in [0.2, 0.25) is 10.0 Å². The molecule has 0 aliphatic carbocycles. The molecule has 1 amide bonds. The highest BCUT2D eigenvalue weighted by Gasteiger charge is 2.39. The van der Waals surface area contributed by atoms with Crippen molar-refractivity contribution in [1.29, 1.82) is 0 Å². The minimum absolute atomic E-state index is 0.0498. The van der Waals surface area contributed by atoms with Gasteiger partial charge < -0.3 is 19.1 Å². The summed E-state index contributed by atoms with van der Waals surface area (Å²) in [7, 11) is -3.28. The fourth-order valence-corrected chi connectivity index (χ4v) is 7.18. The zero-order valence-corrected chi connectivity index (χ0v) is 26.9. The van der Waals surface area contributed by atoms with E-state index in [1.807, 2.05) is 0 Å². The summed E-state index contributed by atoms with van der Waals surface area (Å²) in [6.07, 6.45) is 0.459. The lowest BCUT2D eigenvalue weighted by Gasteiger charge is -2.39. The van der Waals surface area contributed by atoms with Crippen LogP contribution >= 0.6 is 15.9 Å². The number of esters is 1. The van der Waals surface area contributed by atoms with E-state index in [0.717, 1.165) is 23.5 Å². The monoisotopic (exact) mass is 687 g/mol. The fraction of sp³-hybridized carbons (Fsp3) is 0.500. The number of amides is 1. The number of methoxy groups -OCH3 is 1. The Bertz CT molecular complexity index is 1430. The van der Waals surface area contributed by atoms with Gasteiger partial charge in [-0.05, 0) is 80.6 Å². The van der Waals surface area contributed by atoms with Crippen molar-refractivity contribution in [1.82, 2.24) is 9.21 Å². The molecule has 2 aromatic rings. The van der Waals surface area contributed by atoms with Gasteiger partial charge in [-0.15, -0.1) is 0 Å². The third-order valence-electron chi connectivity index (χ3n) is 6.95. The first-order valence-corrected chi connectivity index (χ1v) is 15.7. The second-order valence-corrected chi connectivity index (χ2v) is 13.7. The predicted octanol–water partition coefficient (Wildman–Crippen LogP) is 5.39. The molecule has 15 heteroatoms. The van der Waals surface area contributed by atoms with Gasteiger partial charge in [0.15, 0.2) is 16.5 Å². The van der Waals surface area contributed by atoms with Gasteiger partial charge in [0, 0.05) is 31.7 Å². The minimum Gasteiger partial charge on any atom is -0.488 e. The van der Waals surface area contributed by atoms with E-state index >= 15 is 0 Å². The largest absolute Gasteiger partial charge is 0.488 e. The summed E-state index contributed by atoms with van der Waals surface area (Å²) in [5, 5.41) is 11.7. The van der Waals surface area contributed by atoms with Crippen LogP contribution < -0.4 is 4.74 Å². The second-order valence-electron chi connectivity index (χ2n) is 11.0. The molecule has 0 saturated carbocycles. The van der Waals surface area contributed by atoms with Crippen LogP contribution in [-0.4, -0.2) is 79.6 Å². The summed E-state index contributed by atoms with van der Waals surface area (Å²) in [5.41, 5.74) is -1.29. The van der Waals surface area contributed by atoms with Crippen LogP contribution in [0.2, 0.25) is 0 Å². The number of piperidine rings is 1. The van der Waals surface area contributed by atoms with Gasteiger partial charge in [0.05, 0.1) is 22.1 Å². The third-order valence-corrected chi connectivity index (χ3v) is 9.58. The number of benzene rings is 2. The summed E-state index contributed by atoms with van der Waals surface area (Å²) in [6, 6.07) is 6.64. The lowest BCUT2D eigenvalue weighted by molar-refractivity contribution is -0.387. The topological polar surface area (TPSA) is 146 Å². The number of carbonyl (C=O) groups is 2. The van der Waals surface area contributed by atoms with Gasteiger partial charge in [-0.2, -0.15) is 4.31 Å². The Labute approximate surface area is 258 Å². The van der Waals surface area contributed by atoms with Crippen LogP contribution in [0.1, 0.15) is 50.9 Å².